The zero-order chi connectivity index (χ0) is 23.2. The fourth-order valence-corrected chi connectivity index (χ4v) is 5.31. The fraction of sp³-hybridized carbons (Fsp3) is 0.500. The van der Waals surface area contributed by atoms with Gasteiger partial charge < -0.3 is 10.0 Å². The Morgan fingerprint density at radius 1 is 1.06 bits per heavy atom. The Labute approximate surface area is 197 Å². The van der Waals surface area contributed by atoms with E-state index in [0.717, 1.165) is 29.7 Å². The lowest BCUT2D eigenvalue weighted by molar-refractivity contribution is -0.140. The molecular formula is C28H36N2O3. The van der Waals surface area contributed by atoms with Crippen molar-refractivity contribution in [2.24, 2.45) is 5.92 Å². The number of carboxylic acids is 1. The molecule has 176 valence electrons. The van der Waals surface area contributed by atoms with E-state index in [1.807, 2.05) is 23.1 Å². The normalized spacial score (nSPS) is 20.2. The predicted molar refractivity (Wildman–Crippen MR) is 131 cm³/mol. The van der Waals surface area contributed by atoms with Crippen LogP contribution >= 0.6 is 0 Å². The summed E-state index contributed by atoms with van der Waals surface area (Å²) in [5, 5.41) is 13.2. The maximum atomic E-state index is 13.7. The largest absolute Gasteiger partial charge is 0.480 e. The first-order valence-corrected chi connectivity index (χ1v) is 12.4. The van der Waals surface area contributed by atoms with E-state index in [-0.39, 0.29) is 5.91 Å². The van der Waals surface area contributed by atoms with Gasteiger partial charge in [-0.2, -0.15) is 0 Å². The molecule has 1 saturated carbocycles. The zero-order valence-electron chi connectivity index (χ0n) is 19.6. The van der Waals surface area contributed by atoms with Crippen molar-refractivity contribution >= 4 is 17.6 Å². The van der Waals surface area contributed by atoms with Gasteiger partial charge in [-0.05, 0) is 55.7 Å². The van der Waals surface area contributed by atoms with Crippen LogP contribution in [-0.4, -0.2) is 29.1 Å². The topological polar surface area (TPSA) is 69.6 Å². The third kappa shape index (κ3) is 6.02. The summed E-state index contributed by atoms with van der Waals surface area (Å²) in [6.45, 7) is 2.53. The summed E-state index contributed by atoms with van der Waals surface area (Å²) < 4.78 is 0. The average molecular weight is 449 g/mol. The van der Waals surface area contributed by atoms with E-state index >= 15 is 0 Å². The maximum Gasteiger partial charge on any atom is 0.320 e. The average Bonchev–Trinajstić information content (AvgIpc) is 2.95. The van der Waals surface area contributed by atoms with Crippen molar-refractivity contribution in [2.75, 3.05) is 4.90 Å². The lowest BCUT2D eigenvalue weighted by Gasteiger charge is -2.29. The third-order valence-corrected chi connectivity index (χ3v) is 7.30. The molecule has 0 bridgehead atoms. The molecule has 0 saturated heterocycles. The summed E-state index contributed by atoms with van der Waals surface area (Å²) in [7, 11) is 0. The summed E-state index contributed by atoms with van der Waals surface area (Å²) in [6, 6.07) is 15.1. The van der Waals surface area contributed by atoms with Gasteiger partial charge >= 0.3 is 5.97 Å². The second-order valence-corrected chi connectivity index (χ2v) is 9.77. The number of hydrogen-bond acceptors (Lipinski definition) is 3. The van der Waals surface area contributed by atoms with Crippen molar-refractivity contribution in [1.82, 2.24) is 5.32 Å². The number of para-hydroxylation sites is 1. The number of aryl methyl sites for hydroxylation is 2. The number of nitrogens with zero attached hydrogens (tertiary/aromatic N) is 1. The molecular weight excluding hydrogens is 412 g/mol. The van der Waals surface area contributed by atoms with Crippen molar-refractivity contribution < 1.29 is 14.7 Å². The summed E-state index contributed by atoms with van der Waals surface area (Å²) in [6.07, 6.45) is 9.05. The third-order valence-electron chi connectivity index (χ3n) is 7.30. The minimum Gasteiger partial charge on any atom is -0.480 e. The highest BCUT2D eigenvalue weighted by molar-refractivity contribution is 5.98. The minimum absolute atomic E-state index is 0.0376. The number of carbonyl (C=O) groups excluding carboxylic acids is 1. The first-order chi connectivity index (χ1) is 16.0. The summed E-state index contributed by atoms with van der Waals surface area (Å²) in [5.74, 6) is -0.274. The van der Waals surface area contributed by atoms with Gasteiger partial charge in [0.1, 0.15) is 6.04 Å². The van der Waals surface area contributed by atoms with Crippen molar-refractivity contribution in [2.45, 2.75) is 83.3 Å². The first kappa shape index (κ1) is 23.5. The number of nitrogens with one attached hydrogen (secondary N) is 1. The molecule has 5 nitrogen and oxygen atoms in total. The van der Waals surface area contributed by atoms with Gasteiger partial charge in [0.25, 0.3) is 0 Å². The second kappa shape index (κ2) is 11.0. The van der Waals surface area contributed by atoms with E-state index in [0.29, 0.717) is 25.3 Å². The molecule has 2 N–H and O–H groups in total. The number of fused-ring (bicyclic) bond motifs is 1. The van der Waals surface area contributed by atoms with Gasteiger partial charge in [-0.25, -0.2) is 0 Å². The van der Waals surface area contributed by atoms with E-state index in [1.165, 1.54) is 37.7 Å². The van der Waals surface area contributed by atoms with Gasteiger partial charge in [-0.3, -0.25) is 14.9 Å². The van der Waals surface area contributed by atoms with Gasteiger partial charge in [-0.15, -0.1) is 0 Å². The molecule has 0 spiro atoms. The molecule has 1 heterocycles. The van der Waals surface area contributed by atoms with Crippen molar-refractivity contribution in [3.63, 3.8) is 0 Å². The monoisotopic (exact) mass is 448 g/mol. The van der Waals surface area contributed by atoms with E-state index < -0.39 is 18.1 Å². The van der Waals surface area contributed by atoms with E-state index in [1.54, 1.807) is 0 Å². The Kier molecular flexibility index (Phi) is 7.81. The molecule has 2 aromatic rings. The van der Waals surface area contributed by atoms with Crippen LogP contribution in [0, 0.1) is 12.8 Å². The SMILES string of the molecule is Cc1ccc(CN2C(=O)C(N[C@@H](CCC3CCCCC3)C(=O)O)CCc3ccccc32)cc1. The summed E-state index contributed by atoms with van der Waals surface area (Å²) >= 11 is 0. The number of benzene rings is 2. The molecule has 1 fully saturated rings. The van der Waals surface area contributed by atoms with Crippen LogP contribution in [-0.2, 0) is 22.6 Å². The highest BCUT2D eigenvalue weighted by atomic mass is 16.4. The molecule has 2 aromatic carbocycles. The van der Waals surface area contributed by atoms with Crippen LogP contribution in [0.25, 0.3) is 0 Å². The van der Waals surface area contributed by atoms with E-state index in [2.05, 4.69) is 42.6 Å². The van der Waals surface area contributed by atoms with Crippen LogP contribution in [0.15, 0.2) is 48.5 Å². The molecule has 0 aromatic heterocycles. The molecule has 1 aliphatic carbocycles. The van der Waals surface area contributed by atoms with Gasteiger partial charge in [-0.1, -0.05) is 80.1 Å². The number of carboxylic acid groups (broad SMARTS) is 1. The van der Waals surface area contributed by atoms with E-state index in [9.17, 15) is 14.7 Å². The number of aliphatic carboxylic acids is 1. The lowest BCUT2D eigenvalue weighted by Crippen LogP contribution is -2.51. The molecule has 4 rings (SSSR count). The number of carbonyl (C=O) groups is 2. The van der Waals surface area contributed by atoms with Crippen molar-refractivity contribution in [3.05, 3.63) is 65.2 Å². The molecule has 1 aliphatic heterocycles. The van der Waals surface area contributed by atoms with Crippen LogP contribution in [0.3, 0.4) is 0 Å². The van der Waals surface area contributed by atoms with Crippen molar-refractivity contribution in [1.29, 1.82) is 0 Å². The number of anilines is 1. The van der Waals surface area contributed by atoms with Crippen LogP contribution in [0.4, 0.5) is 5.69 Å². The van der Waals surface area contributed by atoms with E-state index in [4.69, 9.17) is 0 Å². The maximum absolute atomic E-state index is 13.7. The van der Waals surface area contributed by atoms with Crippen molar-refractivity contribution in [3.8, 4) is 0 Å². The molecule has 1 unspecified atom stereocenters. The molecule has 5 heteroatoms. The Bertz CT molecular complexity index is 950. The summed E-state index contributed by atoms with van der Waals surface area (Å²) in [5.41, 5.74) is 4.32. The number of rotatable bonds is 8. The summed E-state index contributed by atoms with van der Waals surface area (Å²) in [4.78, 5) is 27.6. The van der Waals surface area contributed by atoms with Gasteiger partial charge in [0, 0.05) is 5.69 Å². The number of hydrogen-bond donors (Lipinski definition) is 2. The van der Waals surface area contributed by atoms with Gasteiger partial charge in [0.05, 0.1) is 12.6 Å². The smallest absolute Gasteiger partial charge is 0.320 e. The second-order valence-electron chi connectivity index (χ2n) is 9.77. The Morgan fingerprint density at radius 3 is 2.52 bits per heavy atom. The first-order valence-electron chi connectivity index (χ1n) is 12.4. The standard InChI is InChI=1S/C28H36N2O3/c1-20-11-13-22(14-12-20)19-30-26-10-6-5-9-23(26)16-18-24(27(30)31)29-25(28(32)33)17-15-21-7-3-2-4-8-21/h5-6,9-14,21,24-25,29H,2-4,7-8,15-19H2,1H3,(H,32,33)/t24?,25-/m0/s1. The Morgan fingerprint density at radius 2 is 1.79 bits per heavy atom. The van der Waals surface area contributed by atoms with Crippen LogP contribution in [0.2, 0.25) is 0 Å². The van der Waals surface area contributed by atoms with Gasteiger partial charge in [0.15, 0.2) is 0 Å². The minimum atomic E-state index is -0.856. The highest BCUT2D eigenvalue weighted by Crippen LogP contribution is 2.30. The quantitative estimate of drug-likeness (QED) is 0.579. The fourth-order valence-electron chi connectivity index (χ4n) is 5.31. The molecule has 2 aliphatic rings. The highest BCUT2D eigenvalue weighted by Gasteiger charge is 2.33. The molecule has 33 heavy (non-hydrogen) atoms. The Hall–Kier alpha value is -2.66. The van der Waals surface area contributed by atoms with Crippen LogP contribution in [0.1, 0.15) is 68.1 Å². The lowest BCUT2D eigenvalue weighted by atomic mass is 9.85. The molecule has 2 atom stereocenters. The number of amides is 1. The van der Waals surface area contributed by atoms with Crippen LogP contribution < -0.4 is 10.2 Å². The molecule has 0 radical (unpaired) electrons. The molecule has 1 amide bonds. The van der Waals surface area contributed by atoms with Crippen LogP contribution in [0.5, 0.6) is 0 Å². The van der Waals surface area contributed by atoms with Gasteiger partial charge in [0.2, 0.25) is 5.91 Å². The Balaban J connectivity index is 1.51. The predicted octanol–water partition coefficient (Wildman–Crippen LogP) is 5.25. The zero-order valence-corrected chi connectivity index (χ0v) is 19.6.